The van der Waals surface area contributed by atoms with Crippen LogP contribution in [0.3, 0.4) is 0 Å². The molecule has 7 nitrogen and oxygen atoms in total. The van der Waals surface area contributed by atoms with Crippen molar-refractivity contribution in [1.29, 1.82) is 0 Å². The number of piperidine rings is 1. The highest BCUT2D eigenvalue weighted by Crippen LogP contribution is 2.26. The van der Waals surface area contributed by atoms with E-state index in [1.54, 1.807) is 0 Å². The molecule has 2 aromatic heterocycles. The molecule has 1 aromatic carbocycles. The fourth-order valence-corrected chi connectivity index (χ4v) is 5.26. The van der Waals surface area contributed by atoms with Crippen LogP contribution in [-0.2, 0) is 24.2 Å². The zero-order chi connectivity index (χ0) is 28.6. The van der Waals surface area contributed by atoms with Gasteiger partial charge in [-0.15, -0.1) is 11.3 Å². The predicted molar refractivity (Wildman–Crippen MR) is 159 cm³/mol. The van der Waals surface area contributed by atoms with Crippen LogP contribution in [0.1, 0.15) is 78.4 Å². The van der Waals surface area contributed by atoms with Gasteiger partial charge in [-0.2, -0.15) is 0 Å². The van der Waals surface area contributed by atoms with Crippen molar-refractivity contribution >= 4 is 27.5 Å². The zero-order valence-electron chi connectivity index (χ0n) is 24.1. The number of hydrogen-bond acceptors (Lipinski definition) is 6. The lowest BCUT2D eigenvalue weighted by Gasteiger charge is -2.38. The van der Waals surface area contributed by atoms with Crippen LogP contribution in [-0.4, -0.2) is 55.9 Å². The molecule has 0 bridgehead atoms. The predicted octanol–water partition coefficient (Wildman–Crippen LogP) is 5.45. The molecule has 0 unspecified atom stereocenters. The molecule has 1 amide bonds. The molecule has 4 rings (SSSR count). The standard InChI is InChI=1S/C24H29N3O4S.3C2H6/c28-14-4-7-19-15-32-22-21(19)25-17-27(23(22)30)16-24(31)10-12-26(13-11-24)20(29)9-8-18-5-2-1-3-6-18;3*1-2/h1-3,5-6,15,17,28,31H,4,7-14,16H2;3*1-2H3. The van der Waals surface area contributed by atoms with Crippen molar-refractivity contribution in [3.8, 4) is 0 Å². The molecule has 0 spiro atoms. The summed E-state index contributed by atoms with van der Waals surface area (Å²) in [6.45, 7) is 13.2. The molecule has 3 aromatic rings. The molecule has 1 aliphatic heterocycles. The van der Waals surface area contributed by atoms with Crippen molar-refractivity contribution in [3.63, 3.8) is 0 Å². The minimum absolute atomic E-state index is 0.102. The van der Waals surface area contributed by atoms with Crippen LogP contribution in [0.4, 0.5) is 0 Å². The number of carbonyl (C=O) groups excluding carboxylic acids is 1. The maximum Gasteiger partial charge on any atom is 0.271 e. The highest BCUT2D eigenvalue weighted by Gasteiger charge is 2.34. The number of benzene rings is 1. The Balaban J connectivity index is 0.00000112. The van der Waals surface area contributed by atoms with Gasteiger partial charge in [-0.05, 0) is 48.6 Å². The van der Waals surface area contributed by atoms with Crippen molar-refractivity contribution in [2.24, 2.45) is 0 Å². The smallest absolute Gasteiger partial charge is 0.271 e. The van der Waals surface area contributed by atoms with Gasteiger partial charge in [0.05, 0.1) is 24.0 Å². The fraction of sp³-hybridized carbons (Fsp3) is 0.567. The van der Waals surface area contributed by atoms with Crippen LogP contribution in [0, 0.1) is 0 Å². The lowest BCUT2D eigenvalue weighted by atomic mass is 9.91. The first-order valence-electron chi connectivity index (χ1n) is 14.1. The fourth-order valence-electron chi connectivity index (χ4n) is 4.25. The maximum absolute atomic E-state index is 12.9. The van der Waals surface area contributed by atoms with Crippen molar-refractivity contribution in [2.75, 3.05) is 19.7 Å². The largest absolute Gasteiger partial charge is 0.396 e. The number of amides is 1. The molecule has 1 fully saturated rings. The summed E-state index contributed by atoms with van der Waals surface area (Å²) < 4.78 is 2.07. The maximum atomic E-state index is 12.9. The zero-order valence-corrected chi connectivity index (χ0v) is 24.9. The summed E-state index contributed by atoms with van der Waals surface area (Å²) in [7, 11) is 0. The molecule has 2 N–H and O–H groups in total. The van der Waals surface area contributed by atoms with Crippen LogP contribution in [0.25, 0.3) is 10.2 Å². The molecule has 38 heavy (non-hydrogen) atoms. The van der Waals surface area contributed by atoms with Gasteiger partial charge in [-0.25, -0.2) is 4.98 Å². The van der Waals surface area contributed by atoms with E-state index < -0.39 is 5.60 Å². The lowest BCUT2D eigenvalue weighted by Crippen LogP contribution is -2.49. The van der Waals surface area contributed by atoms with E-state index in [-0.39, 0.29) is 24.6 Å². The molecular weight excluding hydrogens is 498 g/mol. The van der Waals surface area contributed by atoms with Gasteiger partial charge in [0.1, 0.15) is 4.70 Å². The molecule has 1 saturated heterocycles. The minimum Gasteiger partial charge on any atom is -0.396 e. The number of aliphatic hydroxyl groups excluding tert-OH is 1. The first-order valence-corrected chi connectivity index (χ1v) is 15.0. The highest BCUT2D eigenvalue weighted by molar-refractivity contribution is 7.17. The van der Waals surface area contributed by atoms with E-state index >= 15 is 0 Å². The number of nitrogens with zero attached hydrogens (tertiary/aromatic N) is 3. The van der Waals surface area contributed by atoms with E-state index in [2.05, 4.69) is 4.98 Å². The molecule has 0 aliphatic carbocycles. The molecule has 212 valence electrons. The average molecular weight is 546 g/mol. The average Bonchev–Trinajstić information content (AvgIpc) is 3.40. The van der Waals surface area contributed by atoms with Crippen molar-refractivity contribution in [1.82, 2.24) is 14.5 Å². The Hall–Kier alpha value is -2.55. The van der Waals surface area contributed by atoms with Gasteiger partial charge in [0.25, 0.3) is 5.56 Å². The Morgan fingerprint density at radius 1 is 1.03 bits per heavy atom. The number of hydrogen-bond donors (Lipinski definition) is 2. The van der Waals surface area contributed by atoms with Crippen molar-refractivity contribution in [2.45, 2.75) is 92.2 Å². The van der Waals surface area contributed by atoms with Crippen molar-refractivity contribution in [3.05, 3.63) is 63.5 Å². The summed E-state index contributed by atoms with van der Waals surface area (Å²) in [5.41, 5.74) is 1.63. The highest BCUT2D eigenvalue weighted by atomic mass is 32.1. The number of thiophene rings is 1. The molecule has 0 radical (unpaired) electrons. The lowest BCUT2D eigenvalue weighted by molar-refractivity contribution is -0.135. The number of fused-ring (bicyclic) bond motifs is 1. The third-order valence-electron chi connectivity index (χ3n) is 6.21. The molecule has 1 aliphatic rings. The number of likely N-dealkylation sites (tertiary alicyclic amines) is 1. The third-order valence-corrected chi connectivity index (χ3v) is 7.21. The van der Waals surface area contributed by atoms with Gasteiger partial charge in [-0.1, -0.05) is 71.9 Å². The first kappa shape index (κ1) is 33.5. The van der Waals surface area contributed by atoms with E-state index in [0.29, 0.717) is 61.8 Å². The number of aryl methyl sites for hydroxylation is 2. The van der Waals surface area contributed by atoms with Crippen LogP contribution < -0.4 is 5.56 Å². The van der Waals surface area contributed by atoms with Crippen LogP contribution in [0.2, 0.25) is 0 Å². The molecule has 0 atom stereocenters. The third kappa shape index (κ3) is 9.33. The molecule has 3 heterocycles. The van der Waals surface area contributed by atoms with Crippen LogP contribution in [0.15, 0.2) is 46.8 Å². The number of rotatable bonds is 8. The monoisotopic (exact) mass is 545 g/mol. The second-order valence-corrected chi connectivity index (χ2v) is 9.41. The quantitative estimate of drug-likeness (QED) is 0.393. The Morgan fingerprint density at radius 2 is 1.66 bits per heavy atom. The van der Waals surface area contributed by atoms with Crippen molar-refractivity contribution < 1.29 is 15.0 Å². The molecule has 8 heteroatoms. The van der Waals surface area contributed by atoms with Gasteiger partial charge >= 0.3 is 0 Å². The summed E-state index contributed by atoms with van der Waals surface area (Å²) in [5, 5.41) is 22.1. The number of aromatic nitrogens is 2. The van der Waals surface area contributed by atoms with E-state index in [1.165, 1.54) is 22.2 Å². The van der Waals surface area contributed by atoms with E-state index in [1.807, 2.05) is 82.2 Å². The number of carbonyl (C=O) groups is 1. The van der Waals surface area contributed by atoms with Crippen LogP contribution in [0.5, 0.6) is 0 Å². The first-order chi connectivity index (χ1) is 18.5. The van der Waals surface area contributed by atoms with Gasteiger partial charge in [-0.3, -0.25) is 14.2 Å². The Labute approximate surface area is 232 Å². The van der Waals surface area contributed by atoms with Gasteiger partial charge in [0.15, 0.2) is 0 Å². The van der Waals surface area contributed by atoms with Crippen LogP contribution >= 0.6 is 11.3 Å². The van der Waals surface area contributed by atoms with E-state index in [4.69, 9.17) is 5.11 Å². The molecular formula is C30H47N3O4S. The SMILES string of the molecule is CC.CC.CC.O=C(CCc1ccccc1)N1CCC(O)(Cn2cnc3c(CCCO)csc3c2=O)CC1. The number of aliphatic hydroxyl groups is 2. The van der Waals surface area contributed by atoms with Gasteiger partial charge < -0.3 is 15.1 Å². The van der Waals surface area contributed by atoms with Gasteiger partial charge in [0.2, 0.25) is 5.91 Å². The summed E-state index contributed by atoms with van der Waals surface area (Å²) in [6, 6.07) is 9.95. The Kier molecular flexibility index (Phi) is 15.7. The molecule has 0 saturated carbocycles. The minimum atomic E-state index is -1.04. The summed E-state index contributed by atoms with van der Waals surface area (Å²) in [6.07, 6.45) is 4.86. The summed E-state index contributed by atoms with van der Waals surface area (Å²) in [4.78, 5) is 31.8. The second kappa shape index (κ2) is 17.9. The normalized spacial score (nSPS) is 13.8. The topological polar surface area (TPSA) is 95.7 Å². The second-order valence-electron chi connectivity index (χ2n) is 8.53. The Morgan fingerprint density at radius 3 is 2.26 bits per heavy atom. The summed E-state index contributed by atoms with van der Waals surface area (Å²) in [5.74, 6) is 0.102. The van der Waals surface area contributed by atoms with E-state index in [9.17, 15) is 14.7 Å². The van der Waals surface area contributed by atoms with Gasteiger partial charge in [0, 0.05) is 26.1 Å². The Bertz CT molecular complexity index is 1120. The van der Waals surface area contributed by atoms with E-state index in [0.717, 1.165) is 11.1 Å². The summed E-state index contributed by atoms with van der Waals surface area (Å²) >= 11 is 1.36.